The summed E-state index contributed by atoms with van der Waals surface area (Å²) in [5, 5.41) is 0. The van der Waals surface area contributed by atoms with Crippen LogP contribution in [-0.2, 0) is 16.0 Å². The molecule has 1 aromatic carbocycles. The van der Waals surface area contributed by atoms with Gasteiger partial charge in [0.25, 0.3) is 0 Å². The molecule has 4 heteroatoms. The van der Waals surface area contributed by atoms with Crippen molar-refractivity contribution in [3.05, 3.63) is 35.4 Å². The van der Waals surface area contributed by atoms with E-state index in [9.17, 15) is 9.59 Å². The Kier molecular flexibility index (Phi) is 4.00. The van der Waals surface area contributed by atoms with Gasteiger partial charge in [0.15, 0.2) is 5.78 Å². The second-order valence-electron chi connectivity index (χ2n) is 3.11. The summed E-state index contributed by atoms with van der Waals surface area (Å²) in [5.41, 5.74) is 6.51. The third-order valence-electron chi connectivity index (χ3n) is 2.00. The normalized spacial score (nSPS) is 9.73. The maximum absolute atomic E-state index is 11.1. The molecule has 1 aromatic rings. The number of Topliss-reactive ketones (excluding diaryl/α,β-unsaturated/α-hetero) is 1. The van der Waals surface area contributed by atoms with Gasteiger partial charge in [-0.15, -0.1) is 0 Å². The number of esters is 1. The quantitative estimate of drug-likeness (QED) is 0.732. The van der Waals surface area contributed by atoms with Crippen LogP contribution < -0.4 is 5.73 Å². The highest BCUT2D eigenvalue weighted by Gasteiger charge is 2.05. The summed E-state index contributed by atoms with van der Waals surface area (Å²) >= 11 is 0. The summed E-state index contributed by atoms with van der Waals surface area (Å²) in [6.45, 7) is 0.0404. The van der Waals surface area contributed by atoms with E-state index in [2.05, 4.69) is 4.74 Å². The van der Waals surface area contributed by atoms with Crippen LogP contribution in [0.2, 0.25) is 0 Å². The van der Waals surface area contributed by atoms with Gasteiger partial charge in [0, 0.05) is 6.42 Å². The minimum Gasteiger partial charge on any atom is -0.465 e. The number of nitrogens with two attached hydrogens (primary N) is 1. The summed E-state index contributed by atoms with van der Waals surface area (Å²) < 4.78 is 4.55. The van der Waals surface area contributed by atoms with Crippen molar-refractivity contribution in [3.8, 4) is 0 Å². The van der Waals surface area contributed by atoms with Gasteiger partial charge in [-0.25, -0.2) is 4.79 Å². The van der Waals surface area contributed by atoms with E-state index in [4.69, 9.17) is 5.73 Å². The number of carbonyl (C=O) groups excluding carboxylic acids is 2. The van der Waals surface area contributed by atoms with E-state index in [1.54, 1.807) is 24.3 Å². The van der Waals surface area contributed by atoms with Crippen LogP contribution in [0.3, 0.4) is 0 Å². The molecule has 0 saturated carbocycles. The number of hydrogen-bond donors (Lipinski definition) is 1. The van der Waals surface area contributed by atoms with Crippen LogP contribution in [0.4, 0.5) is 0 Å². The summed E-state index contributed by atoms with van der Waals surface area (Å²) in [4.78, 5) is 22.1. The lowest BCUT2D eigenvalue weighted by Gasteiger charge is -2.01. The van der Waals surface area contributed by atoms with Crippen molar-refractivity contribution in [3.63, 3.8) is 0 Å². The number of ether oxygens (including phenoxy) is 1. The maximum atomic E-state index is 11.1. The fourth-order valence-electron chi connectivity index (χ4n) is 1.18. The van der Waals surface area contributed by atoms with Crippen LogP contribution in [-0.4, -0.2) is 25.4 Å². The smallest absolute Gasteiger partial charge is 0.337 e. The molecule has 80 valence electrons. The molecule has 0 aromatic heterocycles. The third-order valence-corrected chi connectivity index (χ3v) is 2.00. The number of hydrogen-bond acceptors (Lipinski definition) is 4. The molecule has 0 fully saturated rings. The third kappa shape index (κ3) is 3.18. The molecule has 1 rings (SSSR count). The van der Waals surface area contributed by atoms with Gasteiger partial charge < -0.3 is 10.5 Å². The molecule has 0 aliphatic rings. The molecule has 0 aliphatic carbocycles. The predicted octanol–water partition coefficient (Wildman–Crippen LogP) is 0.543. The van der Waals surface area contributed by atoms with Crippen LogP contribution in [0, 0.1) is 0 Å². The summed E-state index contributed by atoms with van der Waals surface area (Å²) in [6.07, 6.45) is 0.304. The zero-order valence-electron chi connectivity index (χ0n) is 8.53. The first-order valence-corrected chi connectivity index (χ1v) is 4.56. The number of benzene rings is 1. The molecular weight excluding hydrogens is 194 g/mol. The van der Waals surface area contributed by atoms with Crippen molar-refractivity contribution in [1.82, 2.24) is 0 Å². The molecule has 0 unspecified atom stereocenters. The summed E-state index contributed by atoms with van der Waals surface area (Å²) in [7, 11) is 1.33. The molecule has 0 heterocycles. The largest absolute Gasteiger partial charge is 0.465 e. The van der Waals surface area contributed by atoms with Crippen LogP contribution in [0.5, 0.6) is 0 Å². The van der Waals surface area contributed by atoms with Crippen molar-refractivity contribution in [1.29, 1.82) is 0 Å². The second kappa shape index (κ2) is 5.26. The summed E-state index contributed by atoms with van der Waals surface area (Å²) in [6, 6.07) is 6.70. The predicted molar refractivity (Wildman–Crippen MR) is 55.5 cm³/mol. The molecule has 0 spiro atoms. The van der Waals surface area contributed by atoms with Gasteiger partial charge in [0.2, 0.25) is 0 Å². The number of carbonyl (C=O) groups is 2. The Labute approximate surface area is 88.0 Å². The molecule has 2 N–H and O–H groups in total. The molecule has 0 radical (unpaired) electrons. The molecule has 0 amide bonds. The average Bonchev–Trinajstić information content (AvgIpc) is 2.29. The minimum absolute atomic E-state index is 0.0270. The lowest BCUT2D eigenvalue weighted by Crippen LogP contribution is -2.15. The Bertz CT molecular complexity index is 357. The van der Waals surface area contributed by atoms with E-state index in [0.717, 1.165) is 5.56 Å². The molecule has 15 heavy (non-hydrogen) atoms. The Morgan fingerprint density at radius 1 is 1.27 bits per heavy atom. The van der Waals surface area contributed by atoms with Crippen LogP contribution in [0.1, 0.15) is 15.9 Å². The lowest BCUT2D eigenvalue weighted by atomic mass is 10.1. The average molecular weight is 207 g/mol. The van der Waals surface area contributed by atoms with E-state index in [1.165, 1.54) is 7.11 Å². The SMILES string of the molecule is COC(=O)c1ccc(CC(=O)CN)cc1. The fraction of sp³-hybridized carbons (Fsp3) is 0.273. The first kappa shape index (κ1) is 11.4. The maximum Gasteiger partial charge on any atom is 0.337 e. The van der Waals surface area contributed by atoms with Gasteiger partial charge in [-0.3, -0.25) is 4.79 Å². The van der Waals surface area contributed by atoms with Crippen molar-refractivity contribution in [2.45, 2.75) is 6.42 Å². The van der Waals surface area contributed by atoms with Gasteiger partial charge >= 0.3 is 5.97 Å². The van der Waals surface area contributed by atoms with Gasteiger partial charge in [0.1, 0.15) is 0 Å². The molecular formula is C11H13NO3. The van der Waals surface area contributed by atoms with Crippen LogP contribution >= 0.6 is 0 Å². The second-order valence-corrected chi connectivity index (χ2v) is 3.11. The highest BCUT2D eigenvalue weighted by atomic mass is 16.5. The highest BCUT2D eigenvalue weighted by molar-refractivity contribution is 5.89. The van der Waals surface area contributed by atoms with E-state index in [0.29, 0.717) is 12.0 Å². The zero-order chi connectivity index (χ0) is 11.3. The van der Waals surface area contributed by atoms with E-state index >= 15 is 0 Å². The van der Waals surface area contributed by atoms with E-state index in [1.807, 2.05) is 0 Å². The van der Waals surface area contributed by atoms with Gasteiger partial charge in [-0.1, -0.05) is 12.1 Å². The Morgan fingerprint density at radius 2 is 1.87 bits per heavy atom. The molecule has 0 aliphatic heterocycles. The Hall–Kier alpha value is -1.68. The fourth-order valence-corrected chi connectivity index (χ4v) is 1.18. The Balaban J connectivity index is 2.72. The van der Waals surface area contributed by atoms with Crippen molar-refractivity contribution >= 4 is 11.8 Å². The van der Waals surface area contributed by atoms with Gasteiger partial charge in [0.05, 0.1) is 19.2 Å². The van der Waals surface area contributed by atoms with Gasteiger partial charge in [-0.05, 0) is 17.7 Å². The lowest BCUT2D eigenvalue weighted by molar-refractivity contribution is -0.117. The Morgan fingerprint density at radius 3 is 2.33 bits per heavy atom. The topological polar surface area (TPSA) is 69.4 Å². The number of ketones is 1. The van der Waals surface area contributed by atoms with E-state index in [-0.39, 0.29) is 18.3 Å². The first-order valence-electron chi connectivity index (χ1n) is 4.56. The number of rotatable bonds is 4. The molecule has 0 bridgehead atoms. The minimum atomic E-state index is -0.383. The summed E-state index contributed by atoms with van der Waals surface area (Å²) in [5.74, 6) is -0.410. The number of methoxy groups -OCH3 is 1. The van der Waals surface area contributed by atoms with Crippen molar-refractivity contribution < 1.29 is 14.3 Å². The van der Waals surface area contributed by atoms with Crippen molar-refractivity contribution in [2.75, 3.05) is 13.7 Å². The van der Waals surface area contributed by atoms with E-state index < -0.39 is 0 Å². The van der Waals surface area contributed by atoms with Crippen molar-refractivity contribution in [2.24, 2.45) is 5.73 Å². The van der Waals surface area contributed by atoms with Gasteiger partial charge in [-0.2, -0.15) is 0 Å². The molecule has 4 nitrogen and oxygen atoms in total. The molecule has 0 atom stereocenters. The molecule has 0 saturated heterocycles. The monoisotopic (exact) mass is 207 g/mol. The van der Waals surface area contributed by atoms with Crippen LogP contribution in [0.25, 0.3) is 0 Å². The highest BCUT2D eigenvalue weighted by Crippen LogP contribution is 2.06. The first-order chi connectivity index (χ1) is 7.17. The van der Waals surface area contributed by atoms with Crippen LogP contribution in [0.15, 0.2) is 24.3 Å². The standard InChI is InChI=1S/C11H13NO3/c1-15-11(14)9-4-2-8(3-5-9)6-10(13)7-12/h2-5H,6-7,12H2,1H3. The zero-order valence-corrected chi connectivity index (χ0v) is 8.53.